The topological polar surface area (TPSA) is 49.6 Å². The second-order valence-electron chi connectivity index (χ2n) is 5.19. The SMILES string of the molecule is CC[C@H](N)C(=O)N(C)[C@H]1CCN(CC)C[C@@H]1C. The fourth-order valence-corrected chi connectivity index (χ4v) is 2.68. The van der Waals surface area contributed by atoms with Crippen LogP contribution in [-0.2, 0) is 4.79 Å². The van der Waals surface area contributed by atoms with Crippen molar-refractivity contribution in [3.05, 3.63) is 0 Å². The minimum absolute atomic E-state index is 0.0919. The van der Waals surface area contributed by atoms with E-state index in [1.807, 2.05) is 18.9 Å². The molecule has 0 aromatic rings. The Bertz CT molecular complexity index is 257. The van der Waals surface area contributed by atoms with Gasteiger partial charge in [-0.2, -0.15) is 0 Å². The average molecular weight is 241 g/mol. The van der Waals surface area contributed by atoms with Gasteiger partial charge in [-0.3, -0.25) is 4.79 Å². The summed E-state index contributed by atoms with van der Waals surface area (Å²) >= 11 is 0. The Morgan fingerprint density at radius 3 is 2.65 bits per heavy atom. The Labute approximate surface area is 105 Å². The molecule has 0 spiro atoms. The summed E-state index contributed by atoms with van der Waals surface area (Å²) in [5, 5.41) is 0. The lowest BCUT2D eigenvalue weighted by Crippen LogP contribution is -2.53. The fourth-order valence-electron chi connectivity index (χ4n) is 2.68. The number of amides is 1. The van der Waals surface area contributed by atoms with E-state index >= 15 is 0 Å². The molecule has 100 valence electrons. The highest BCUT2D eigenvalue weighted by Gasteiger charge is 2.31. The third-order valence-electron chi connectivity index (χ3n) is 3.99. The van der Waals surface area contributed by atoms with Crippen LogP contribution >= 0.6 is 0 Å². The molecule has 2 N–H and O–H groups in total. The van der Waals surface area contributed by atoms with E-state index < -0.39 is 0 Å². The second-order valence-corrected chi connectivity index (χ2v) is 5.19. The number of nitrogens with two attached hydrogens (primary N) is 1. The Morgan fingerprint density at radius 1 is 1.53 bits per heavy atom. The molecular weight excluding hydrogens is 214 g/mol. The van der Waals surface area contributed by atoms with Crippen LogP contribution in [0.3, 0.4) is 0 Å². The van der Waals surface area contributed by atoms with Gasteiger partial charge in [-0.15, -0.1) is 0 Å². The molecular formula is C13H27N3O. The molecule has 0 aromatic heterocycles. The molecule has 0 radical (unpaired) electrons. The molecule has 1 aliphatic heterocycles. The van der Waals surface area contributed by atoms with Gasteiger partial charge >= 0.3 is 0 Å². The van der Waals surface area contributed by atoms with E-state index in [9.17, 15) is 4.79 Å². The number of likely N-dealkylation sites (N-methyl/N-ethyl adjacent to an activating group) is 1. The molecule has 4 heteroatoms. The van der Waals surface area contributed by atoms with Crippen molar-refractivity contribution in [2.24, 2.45) is 11.7 Å². The van der Waals surface area contributed by atoms with Crippen LogP contribution in [0.1, 0.15) is 33.6 Å². The number of carbonyl (C=O) groups is 1. The Kier molecular flexibility index (Phi) is 5.40. The summed E-state index contributed by atoms with van der Waals surface area (Å²) in [6.07, 6.45) is 1.78. The van der Waals surface area contributed by atoms with Crippen LogP contribution < -0.4 is 5.73 Å². The van der Waals surface area contributed by atoms with Gasteiger partial charge in [-0.05, 0) is 25.3 Å². The van der Waals surface area contributed by atoms with E-state index in [-0.39, 0.29) is 11.9 Å². The maximum Gasteiger partial charge on any atom is 0.239 e. The highest BCUT2D eigenvalue weighted by Crippen LogP contribution is 2.21. The maximum atomic E-state index is 12.1. The number of rotatable bonds is 4. The zero-order chi connectivity index (χ0) is 13.0. The van der Waals surface area contributed by atoms with Gasteiger partial charge < -0.3 is 15.5 Å². The smallest absolute Gasteiger partial charge is 0.239 e. The first-order valence-electron chi connectivity index (χ1n) is 6.75. The Hall–Kier alpha value is -0.610. The molecule has 0 saturated carbocycles. The van der Waals surface area contributed by atoms with Crippen molar-refractivity contribution in [1.82, 2.24) is 9.80 Å². The number of likely N-dealkylation sites (tertiary alicyclic amines) is 1. The summed E-state index contributed by atoms with van der Waals surface area (Å²) in [5.41, 5.74) is 5.82. The monoisotopic (exact) mass is 241 g/mol. The highest BCUT2D eigenvalue weighted by molar-refractivity contribution is 5.81. The first-order chi connectivity index (χ1) is 8.01. The zero-order valence-electron chi connectivity index (χ0n) is 11.6. The van der Waals surface area contributed by atoms with Crippen molar-refractivity contribution in [2.75, 3.05) is 26.7 Å². The summed E-state index contributed by atoms with van der Waals surface area (Å²) in [7, 11) is 1.90. The Balaban J connectivity index is 2.58. The Morgan fingerprint density at radius 2 is 2.18 bits per heavy atom. The summed E-state index contributed by atoms with van der Waals surface area (Å²) in [6.45, 7) is 9.65. The normalized spacial score (nSPS) is 27.8. The molecule has 3 atom stereocenters. The van der Waals surface area contributed by atoms with Gasteiger partial charge in [-0.25, -0.2) is 0 Å². The van der Waals surface area contributed by atoms with E-state index in [1.165, 1.54) is 0 Å². The summed E-state index contributed by atoms with van der Waals surface area (Å²) in [6, 6.07) is 0.0132. The van der Waals surface area contributed by atoms with Gasteiger partial charge in [0.25, 0.3) is 0 Å². The molecule has 1 fully saturated rings. The summed E-state index contributed by atoms with van der Waals surface area (Å²) in [4.78, 5) is 16.4. The molecule has 0 aromatic carbocycles. The molecule has 4 nitrogen and oxygen atoms in total. The molecule has 1 saturated heterocycles. The first kappa shape index (κ1) is 14.5. The molecule has 1 aliphatic rings. The standard InChI is InChI=1S/C13H27N3O/c1-5-11(14)13(17)15(4)12-7-8-16(6-2)9-10(12)3/h10-12H,5-9,14H2,1-4H3/t10-,11-,12-/m0/s1. The van der Waals surface area contributed by atoms with E-state index in [1.54, 1.807) is 0 Å². The van der Waals surface area contributed by atoms with Crippen LogP contribution in [0.15, 0.2) is 0 Å². The van der Waals surface area contributed by atoms with Crippen molar-refractivity contribution in [2.45, 2.75) is 45.7 Å². The van der Waals surface area contributed by atoms with Crippen molar-refractivity contribution < 1.29 is 4.79 Å². The minimum atomic E-state index is -0.337. The maximum absolute atomic E-state index is 12.1. The lowest BCUT2D eigenvalue weighted by molar-refractivity contribution is -0.135. The van der Waals surface area contributed by atoms with Gasteiger partial charge in [0.15, 0.2) is 0 Å². The first-order valence-corrected chi connectivity index (χ1v) is 6.75. The van der Waals surface area contributed by atoms with Crippen LogP contribution in [-0.4, -0.2) is 54.5 Å². The quantitative estimate of drug-likeness (QED) is 0.796. The predicted octanol–water partition coefficient (Wildman–Crippen LogP) is 0.912. The van der Waals surface area contributed by atoms with Crippen molar-refractivity contribution in [3.8, 4) is 0 Å². The summed E-state index contributed by atoms with van der Waals surface area (Å²) in [5.74, 6) is 0.621. The van der Waals surface area contributed by atoms with Crippen molar-refractivity contribution in [1.29, 1.82) is 0 Å². The van der Waals surface area contributed by atoms with E-state index in [0.29, 0.717) is 18.4 Å². The van der Waals surface area contributed by atoms with E-state index in [2.05, 4.69) is 18.7 Å². The highest BCUT2D eigenvalue weighted by atomic mass is 16.2. The number of piperidine rings is 1. The van der Waals surface area contributed by atoms with Gasteiger partial charge in [0.1, 0.15) is 0 Å². The number of hydrogen-bond acceptors (Lipinski definition) is 3. The van der Waals surface area contributed by atoms with Crippen molar-refractivity contribution in [3.63, 3.8) is 0 Å². The molecule has 0 unspecified atom stereocenters. The molecule has 17 heavy (non-hydrogen) atoms. The largest absolute Gasteiger partial charge is 0.341 e. The summed E-state index contributed by atoms with van der Waals surface area (Å²) < 4.78 is 0. The molecule has 0 bridgehead atoms. The third kappa shape index (κ3) is 3.42. The second kappa shape index (κ2) is 6.36. The lowest BCUT2D eigenvalue weighted by Gasteiger charge is -2.41. The van der Waals surface area contributed by atoms with Crippen LogP contribution in [0.2, 0.25) is 0 Å². The van der Waals surface area contributed by atoms with Gasteiger partial charge in [-0.1, -0.05) is 20.8 Å². The van der Waals surface area contributed by atoms with Crippen LogP contribution in [0.4, 0.5) is 0 Å². The zero-order valence-corrected chi connectivity index (χ0v) is 11.6. The van der Waals surface area contributed by atoms with Gasteiger partial charge in [0.2, 0.25) is 5.91 Å². The van der Waals surface area contributed by atoms with Crippen LogP contribution in [0.25, 0.3) is 0 Å². The predicted molar refractivity (Wildman–Crippen MR) is 70.7 cm³/mol. The molecule has 1 rings (SSSR count). The number of carbonyl (C=O) groups excluding carboxylic acids is 1. The van der Waals surface area contributed by atoms with E-state index in [0.717, 1.165) is 26.1 Å². The van der Waals surface area contributed by atoms with Gasteiger partial charge in [0.05, 0.1) is 6.04 Å². The molecule has 1 amide bonds. The number of hydrogen-bond donors (Lipinski definition) is 1. The van der Waals surface area contributed by atoms with Crippen molar-refractivity contribution >= 4 is 5.91 Å². The van der Waals surface area contributed by atoms with E-state index in [4.69, 9.17) is 5.73 Å². The molecule has 1 heterocycles. The van der Waals surface area contributed by atoms with Crippen LogP contribution in [0.5, 0.6) is 0 Å². The number of nitrogens with zero attached hydrogens (tertiary/aromatic N) is 2. The third-order valence-corrected chi connectivity index (χ3v) is 3.99. The lowest BCUT2D eigenvalue weighted by atomic mass is 9.92. The fraction of sp³-hybridized carbons (Fsp3) is 0.923. The molecule has 0 aliphatic carbocycles. The van der Waals surface area contributed by atoms with Gasteiger partial charge in [0, 0.05) is 26.2 Å². The average Bonchev–Trinajstić information content (AvgIpc) is 2.35. The van der Waals surface area contributed by atoms with Crippen LogP contribution in [0, 0.1) is 5.92 Å². The minimum Gasteiger partial charge on any atom is -0.341 e.